The molecule has 0 bridgehead atoms. The van der Waals surface area contributed by atoms with Crippen molar-refractivity contribution >= 4 is 51.2 Å². The van der Waals surface area contributed by atoms with Crippen LogP contribution in [0.4, 0.5) is 0 Å². The average molecular weight is 365 g/mol. The van der Waals surface area contributed by atoms with E-state index in [1.165, 1.54) is 5.56 Å². The van der Waals surface area contributed by atoms with Gasteiger partial charge in [0.25, 0.3) is 0 Å². The highest BCUT2D eigenvalue weighted by atomic mass is 79.9. The van der Waals surface area contributed by atoms with Crippen molar-refractivity contribution < 1.29 is 5.11 Å². The summed E-state index contributed by atoms with van der Waals surface area (Å²) in [5.74, 6) is 1.98. The van der Waals surface area contributed by atoms with Gasteiger partial charge in [-0.1, -0.05) is 28.1 Å². The summed E-state index contributed by atoms with van der Waals surface area (Å²) in [7, 11) is 0. The average Bonchev–Trinajstić information content (AvgIpc) is 2.71. The Bertz CT molecular complexity index is 396. The van der Waals surface area contributed by atoms with E-state index in [9.17, 15) is 5.11 Å². The second-order valence-electron chi connectivity index (χ2n) is 4.49. The highest BCUT2D eigenvalue weighted by Crippen LogP contribution is 2.57. The van der Waals surface area contributed by atoms with Crippen LogP contribution in [0.2, 0.25) is 0 Å². The van der Waals surface area contributed by atoms with E-state index in [0.717, 1.165) is 16.0 Å². The monoisotopic (exact) mass is 364 g/mol. The van der Waals surface area contributed by atoms with Crippen LogP contribution in [-0.4, -0.2) is 27.3 Å². The first-order chi connectivity index (χ1) is 8.49. The summed E-state index contributed by atoms with van der Waals surface area (Å²) < 4.78 is 1.86. The number of hydrogen-bond donors (Lipinski definition) is 1. The molecule has 1 aliphatic rings. The van der Waals surface area contributed by atoms with Crippen LogP contribution in [-0.2, 0) is 4.08 Å². The lowest BCUT2D eigenvalue weighted by molar-refractivity contribution is 0.220. The maximum absolute atomic E-state index is 9.35. The van der Waals surface area contributed by atoms with Crippen LogP contribution in [0, 0.1) is 0 Å². The number of aliphatic hydroxyl groups is 1. The van der Waals surface area contributed by atoms with Gasteiger partial charge in [-0.15, -0.1) is 35.3 Å². The van der Waals surface area contributed by atoms with Crippen molar-refractivity contribution in [1.82, 2.24) is 0 Å². The van der Waals surface area contributed by atoms with E-state index in [-0.39, 0.29) is 10.2 Å². The molecule has 0 saturated carbocycles. The van der Waals surface area contributed by atoms with Crippen molar-refractivity contribution in [3.63, 3.8) is 0 Å². The fourth-order valence-electron chi connectivity index (χ4n) is 1.78. The van der Waals surface area contributed by atoms with E-state index in [1.54, 1.807) is 0 Å². The molecule has 100 valence electrons. The number of aliphatic hydroxyl groups excluding tert-OH is 1. The largest absolute Gasteiger partial charge is 0.393 e. The van der Waals surface area contributed by atoms with E-state index >= 15 is 0 Å². The molecular formula is C13H17BrOS3. The molecule has 0 aromatic heterocycles. The SMILES string of the molecule is CC(O)CSC1CSC(C)(c2ccc(Br)cc2)S1. The molecule has 0 radical (unpaired) electrons. The molecule has 1 saturated heterocycles. The summed E-state index contributed by atoms with van der Waals surface area (Å²) in [6.07, 6.45) is -0.208. The summed E-state index contributed by atoms with van der Waals surface area (Å²) in [6, 6.07) is 8.62. The summed E-state index contributed by atoms with van der Waals surface area (Å²) in [5, 5.41) is 9.35. The van der Waals surface area contributed by atoms with Gasteiger partial charge in [-0.2, -0.15) is 0 Å². The molecule has 3 atom stereocenters. The minimum atomic E-state index is -0.208. The van der Waals surface area contributed by atoms with Crippen molar-refractivity contribution in [2.24, 2.45) is 0 Å². The maximum Gasteiger partial charge on any atom is 0.0844 e. The van der Waals surface area contributed by atoms with Crippen molar-refractivity contribution in [2.45, 2.75) is 28.6 Å². The number of halogens is 1. The zero-order valence-corrected chi connectivity index (χ0v) is 14.5. The Balaban J connectivity index is 1.99. The van der Waals surface area contributed by atoms with Gasteiger partial charge in [0, 0.05) is 16.0 Å². The third kappa shape index (κ3) is 3.85. The van der Waals surface area contributed by atoms with Gasteiger partial charge >= 0.3 is 0 Å². The Morgan fingerprint density at radius 2 is 2.17 bits per heavy atom. The third-order valence-electron chi connectivity index (χ3n) is 2.74. The Labute approximate surface area is 130 Å². The van der Waals surface area contributed by atoms with Gasteiger partial charge in [0.05, 0.1) is 14.8 Å². The molecule has 3 unspecified atom stereocenters. The van der Waals surface area contributed by atoms with Gasteiger partial charge < -0.3 is 5.11 Å². The van der Waals surface area contributed by atoms with Crippen LogP contribution in [0.15, 0.2) is 28.7 Å². The Morgan fingerprint density at radius 3 is 2.78 bits per heavy atom. The summed E-state index contributed by atoms with van der Waals surface area (Å²) in [4.78, 5) is 0. The Morgan fingerprint density at radius 1 is 1.50 bits per heavy atom. The van der Waals surface area contributed by atoms with E-state index in [0.29, 0.717) is 4.58 Å². The fraction of sp³-hybridized carbons (Fsp3) is 0.538. The molecular weight excluding hydrogens is 348 g/mol. The molecule has 5 heteroatoms. The molecule has 0 aliphatic carbocycles. The molecule has 1 aromatic rings. The minimum absolute atomic E-state index is 0.150. The first-order valence-electron chi connectivity index (χ1n) is 5.87. The number of thioether (sulfide) groups is 3. The van der Waals surface area contributed by atoms with Gasteiger partial charge in [0.1, 0.15) is 0 Å². The normalized spacial score (nSPS) is 29.4. The molecule has 1 heterocycles. The first-order valence-corrected chi connectivity index (χ1v) is 9.58. The molecule has 2 rings (SSSR count). The second-order valence-corrected chi connectivity index (χ2v) is 10.3. The van der Waals surface area contributed by atoms with Crippen molar-refractivity contribution in [2.75, 3.05) is 11.5 Å². The van der Waals surface area contributed by atoms with Crippen molar-refractivity contribution in [3.8, 4) is 0 Å². The van der Waals surface area contributed by atoms with E-state index in [4.69, 9.17) is 0 Å². The fourth-order valence-corrected chi connectivity index (χ4v) is 7.22. The highest BCUT2D eigenvalue weighted by molar-refractivity contribution is 9.10. The van der Waals surface area contributed by atoms with E-state index in [1.807, 2.05) is 42.2 Å². The lowest BCUT2D eigenvalue weighted by atomic mass is 10.2. The van der Waals surface area contributed by atoms with Crippen LogP contribution in [0.5, 0.6) is 0 Å². The van der Waals surface area contributed by atoms with Crippen LogP contribution in [0.25, 0.3) is 0 Å². The Hall–Kier alpha value is 0.710. The first kappa shape index (κ1) is 15.1. The lowest BCUT2D eigenvalue weighted by Gasteiger charge is -2.23. The number of benzene rings is 1. The smallest absolute Gasteiger partial charge is 0.0844 e. The number of hydrogen-bond acceptors (Lipinski definition) is 4. The lowest BCUT2D eigenvalue weighted by Crippen LogP contribution is -2.10. The minimum Gasteiger partial charge on any atom is -0.393 e. The topological polar surface area (TPSA) is 20.2 Å². The van der Waals surface area contributed by atoms with Crippen LogP contribution in [0.3, 0.4) is 0 Å². The van der Waals surface area contributed by atoms with E-state index in [2.05, 4.69) is 47.1 Å². The standard InChI is InChI=1S/C13H17BrOS3/c1-9(15)7-16-12-8-17-13(2,18-12)10-3-5-11(14)6-4-10/h3-6,9,12,15H,7-8H2,1-2H3. The second kappa shape index (κ2) is 6.44. The van der Waals surface area contributed by atoms with Crippen LogP contribution >= 0.6 is 51.2 Å². The predicted molar refractivity (Wildman–Crippen MR) is 89.5 cm³/mol. The molecule has 1 aromatic carbocycles. The van der Waals surface area contributed by atoms with Gasteiger partial charge in [0.2, 0.25) is 0 Å². The molecule has 18 heavy (non-hydrogen) atoms. The third-order valence-corrected chi connectivity index (χ3v) is 8.65. The Kier molecular flexibility index (Phi) is 5.40. The summed E-state index contributed by atoms with van der Waals surface area (Å²) >= 11 is 9.38. The maximum atomic E-state index is 9.35. The molecule has 1 N–H and O–H groups in total. The quantitative estimate of drug-likeness (QED) is 0.845. The zero-order valence-electron chi connectivity index (χ0n) is 10.4. The van der Waals surface area contributed by atoms with Gasteiger partial charge in [-0.25, -0.2) is 0 Å². The van der Waals surface area contributed by atoms with Gasteiger partial charge in [-0.05, 0) is 31.5 Å². The zero-order chi connectivity index (χ0) is 13.2. The van der Waals surface area contributed by atoms with Crippen molar-refractivity contribution in [3.05, 3.63) is 34.3 Å². The van der Waals surface area contributed by atoms with Gasteiger partial charge in [-0.3, -0.25) is 0 Å². The van der Waals surface area contributed by atoms with Crippen molar-refractivity contribution in [1.29, 1.82) is 0 Å². The predicted octanol–water partition coefficient (Wildman–Crippen LogP) is 4.54. The number of rotatable bonds is 4. The molecule has 0 amide bonds. The molecule has 1 nitrogen and oxygen atoms in total. The van der Waals surface area contributed by atoms with Crippen LogP contribution in [0.1, 0.15) is 19.4 Å². The molecule has 1 aliphatic heterocycles. The van der Waals surface area contributed by atoms with Crippen LogP contribution < -0.4 is 0 Å². The molecule has 0 spiro atoms. The van der Waals surface area contributed by atoms with E-state index < -0.39 is 0 Å². The summed E-state index contributed by atoms with van der Waals surface area (Å²) in [6.45, 7) is 4.15. The summed E-state index contributed by atoms with van der Waals surface area (Å²) in [5.41, 5.74) is 1.38. The molecule has 1 fully saturated rings. The highest BCUT2D eigenvalue weighted by Gasteiger charge is 2.38. The van der Waals surface area contributed by atoms with Gasteiger partial charge in [0.15, 0.2) is 0 Å².